The Hall–Kier alpha value is -1.84. The molecule has 2 amide bonds. The highest BCUT2D eigenvalue weighted by Crippen LogP contribution is 2.45. The number of benzene rings is 1. The molecule has 4 rings (SSSR count). The Balaban J connectivity index is 1.49. The summed E-state index contributed by atoms with van der Waals surface area (Å²) in [5, 5.41) is 0. The third kappa shape index (κ3) is 2.83. The number of likely N-dealkylation sites (N-methyl/N-ethyl adjacent to an activating group) is 1. The highest BCUT2D eigenvalue weighted by Gasteiger charge is 2.46. The average molecular weight is 326 g/mol. The molecule has 2 heterocycles. The summed E-state index contributed by atoms with van der Waals surface area (Å²) < 4.78 is 0. The number of likely N-dealkylation sites (tertiary alicyclic amines) is 2. The van der Waals surface area contributed by atoms with Gasteiger partial charge in [0.2, 0.25) is 11.8 Å². The second kappa shape index (κ2) is 5.91. The molecule has 128 valence electrons. The standard InChI is InChI=1S/C20H26N2O2/c1-21-14-20(9-11-22(12-10-20)18(23)16-7-8-16)13-17(19(21)24)15-5-3-2-4-6-15/h2-6,16-17H,7-14H2,1H3/t17-/m0/s1. The predicted octanol–water partition coefficient (Wildman–Crippen LogP) is 2.65. The third-order valence-corrected chi connectivity index (χ3v) is 6.15. The van der Waals surface area contributed by atoms with E-state index >= 15 is 0 Å². The molecule has 2 saturated heterocycles. The average Bonchev–Trinajstić information content (AvgIpc) is 3.44. The van der Waals surface area contributed by atoms with E-state index < -0.39 is 0 Å². The van der Waals surface area contributed by atoms with Crippen LogP contribution >= 0.6 is 0 Å². The molecule has 4 nitrogen and oxygen atoms in total. The largest absolute Gasteiger partial charge is 0.345 e. The molecule has 24 heavy (non-hydrogen) atoms. The van der Waals surface area contributed by atoms with Crippen molar-refractivity contribution in [2.24, 2.45) is 11.3 Å². The minimum Gasteiger partial charge on any atom is -0.345 e. The van der Waals surface area contributed by atoms with Crippen LogP contribution in [0.1, 0.15) is 43.6 Å². The maximum atomic E-state index is 12.7. The molecule has 1 aromatic rings. The number of carbonyl (C=O) groups is 2. The molecule has 1 saturated carbocycles. The van der Waals surface area contributed by atoms with Gasteiger partial charge in [0.05, 0.1) is 5.92 Å². The van der Waals surface area contributed by atoms with Gasteiger partial charge in [-0.15, -0.1) is 0 Å². The molecule has 1 aliphatic carbocycles. The van der Waals surface area contributed by atoms with Crippen molar-refractivity contribution in [1.29, 1.82) is 0 Å². The summed E-state index contributed by atoms with van der Waals surface area (Å²) >= 11 is 0. The minimum absolute atomic E-state index is 0.0318. The van der Waals surface area contributed by atoms with E-state index in [1.165, 1.54) is 0 Å². The zero-order chi connectivity index (χ0) is 16.7. The molecule has 0 bridgehead atoms. The van der Waals surface area contributed by atoms with Crippen LogP contribution in [0.25, 0.3) is 0 Å². The van der Waals surface area contributed by atoms with Crippen LogP contribution in [-0.4, -0.2) is 48.3 Å². The first kappa shape index (κ1) is 15.7. The number of hydrogen-bond acceptors (Lipinski definition) is 2. The molecular weight excluding hydrogens is 300 g/mol. The summed E-state index contributed by atoms with van der Waals surface area (Å²) in [5.41, 5.74) is 1.30. The fourth-order valence-corrected chi connectivity index (χ4v) is 4.53. The normalized spacial score (nSPS) is 26.7. The van der Waals surface area contributed by atoms with Crippen molar-refractivity contribution in [3.05, 3.63) is 35.9 Å². The summed E-state index contributed by atoms with van der Waals surface area (Å²) in [5.74, 6) is 0.885. The van der Waals surface area contributed by atoms with Gasteiger partial charge in [0, 0.05) is 32.6 Å². The van der Waals surface area contributed by atoms with Crippen molar-refractivity contribution < 1.29 is 9.59 Å². The van der Waals surface area contributed by atoms with Gasteiger partial charge in [-0.3, -0.25) is 9.59 Å². The van der Waals surface area contributed by atoms with Crippen LogP contribution in [0.5, 0.6) is 0 Å². The summed E-state index contributed by atoms with van der Waals surface area (Å²) in [6, 6.07) is 10.2. The van der Waals surface area contributed by atoms with Crippen LogP contribution < -0.4 is 0 Å². The Bertz CT molecular complexity index is 630. The Labute approximate surface area is 143 Å². The van der Waals surface area contributed by atoms with E-state index in [4.69, 9.17) is 0 Å². The van der Waals surface area contributed by atoms with E-state index in [2.05, 4.69) is 17.0 Å². The van der Waals surface area contributed by atoms with E-state index in [1.54, 1.807) is 0 Å². The Morgan fingerprint density at radius 2 is 1.79 bits per heavy atom. The lowest BCUT2D eigenvalue weighted by molar-refractivity contribution is -0.143. The van der Waals surface area contributed by atoms with Crippen molar-refractivity contribution in [3.63, 3.8) is 0 Å². The lowest BCUT2D eigenvalue weighted by atomic mass is 9.67. The third-order valence-electron chi connectivity index (χ3n) is 6.15. The van der Waals surface area contributed by atoms with Gasteiger partial charge in [0.1, 0.15) is 0 Å². The molecule has 0 aromatic heterocycles. The highest BCUT2D eigenvalue weighted by atomic mass is 16.2. The predicted molar refractivity (Wildman–Crippen MR) is 92.4 cm³/mol. The van der Waals surface area contributed by atoms with Crippen molar-refractivity contribution in [2.45, 2.75) is 38.0 Å². The number of nitrogens with zero attached hydrogens (tertiary/aromatic N) is 2. The van der Waals surface area contributed by atoms with E-state index in [-0.39, 0.29) is 17.2 Å². The van der Waals surface area contributed by atoms with Gasteiger partial charge in [0.15, 0.2) is 0 Å². The molecule has 2 aliphatic heterocycles. The van der Waals surface area contributed by atoms with E-state index in [0.29, 0.717) is 11.8 Å². The van der Waals surface area contributed by atoms with E-state index in [9.17, 15) is 9.59 Å². The fourth-order valence-electron chi connectivity index (χ4n) is 4.53. The second-order valence-electron chi connectivity index (χ2n) is 7.96. The molecule has 4 heteroatoms. The van der Waals surface area contributed by atoms with Crippen molar-refractivity contribution in [1.82, 2.24) is 9.80 Å². The molecule has 0 radical (unpaired) electrons. The van der Waals surface area contributed by atoms with Crippen molar-refractivity contribution in [2.75, 3.05) is 26.7 Å². The number of carbonyl (C=O) groups excluding carboxylic acids is 2. The second-order valence-corrected chi connectivity index (χ2v) is 7.96. The Morgan fingerprint density at radius 1 is 1.12 bits per heavy atom. The Morgan fingerprint density at radius 3 is 2.42 bits per heavy atom. The maximum Gasteiger partial charge on any atom is 0.229 e. The van der Waals surface area contributed by atoms with Crippen LogP contribution in [0.3, 0.4) is 0 Å². The lowest BCUT2D eigenvalue weighted by Crippen LogP contribution is -2.53. The zero-order valence-corrected chi connectivity index (χ0v) is 14.4. The smallest absolute Gasteiger partial charge is 0.229 e. The maximum absolute atomic E-state index is 12.7. The lowest BCUT2D eigenvalue weighted by Gasteiger charge is -2.49. The van der Waals surface area contributed by atoms with Crippen LogP contribution in [0, 0.1) is 11.3 Å². The first-order valence-electron chi connectivity index (χ1n) is 9.17. The van der Waals surface area contributed by atoms with Crippen LogP contribution in [0.15, 0.2) is 30.3 Å². The summed E-state index contributed by atoms with van der Waals surface area (Å²) in [4.78, 5) is 29.0. The topological polar surface area (TPSA) is 40.6 Å². The van der Waals surface area contributed by atoms with E-state index in [0.717, 1.165) is 57.3 Å². The zero-order valence-electron chi connectivity index (χ0n) is 14.4. The SMILES string of the molecule is CN1CC2(CCN(C(=O)C3CC3)CC2)C[C@@H](c2ccccc2)C1=O. The van der Waals surface area contributed by atoms with Crippen LogP contribution in [0.4, 0.5) is 0 Å². The van der Waals surface area contributed by atoms with Gasteiger partial charge < -0.3 is 9.80 Å². The van der Waals surface area contributed by atoms with Gasteiger partial charge in [-0.05, 0) is 43.1 Å². The molecule has 1 atom stereocenters. The van der Waals surface area contributed by atoms with Crippen molar-refractivity contribution in [3.8, 4) is 0 Å². The Kier molecular flexibility index (Phi) is 3.86. The number of hydrogen-bond donors (Lipinski definition) is 0. The van der Waals surface area contributed by atoms with Gasteiger partial charge in [-0.1, -0.05) is 30.3 Å². The monoisotopic (exact) mass is 326 g/mol. The molecular formula is C20H26N2O2. The summed E-state index contributed by atoms with van der Waals surface area (Å²) in [6.07, 6.45) is 5.12. The number of rotatable bonds is 2. The number of piperidine rings is 2. The van der Waals surface area contributed by atoms with Gasteiger partial charge in [-0.25, -0.2) is 0 Å². The fraction of sp³-hybridized carbons (Fsp3) is 0.600. The molecule has 0 unspecified atom stereocenters. The van der Waals surface area contributed by atoms with Gasteiger partial charge in [-0.2, -0.15) is 0 Å². The summed E-state index contributed by atoms with van der Waals surface area (Å²) in [7, 11) is 1.93. The number of amides is 2. The van der Waals surface area contributed by atoms with Gasteiger partial charge >= 0.3 is 0 Å². The molecule has 0 N–H and O–H groups in total. The van der Waals surface area contributed by atoms with Crippen molar-refractivity contribution >= 4 is 11.8 Å². The van der Waals surface area contributed by atoms with Crippen LogP contribution in [-0.2, 0) is 9.59 Å². The molecule has 3 aliphatic rings. The highest BCUT2D eigenvalue weighted by molar-refractivity contribution is 5.84. The molecule has 1 aromatic carbocycles. The first-order valence-corrected chi connectivity index (χ1v) is 9.17. The van der Waals surface area contributed by atoms with Gasteiger partial charge in [0.25, 0.3) is 0 Å². The first-order chi connectivity index (χ1) is 11.6. The van der Waals surface area contributed by atoms with Crippen LogP contribution in [0.2, 0.25) is 0 Å². The summed E-state index contributed by atoms with van der Waals surface area (Å²) in [6.45, 7) is 2.55. The molecule has 3 fully saturated rings. The minimum atomic E-state index is -0.0318. The quantitative estimate of drug-likeness (QED) is 0.838. The molecule has 1 spiro atoms. The van der Waals surface area contributed by atoms with E-state index in [1.807, 2.05) is 30.1 Å².